The number of carbonyl (C=O) groups excluding carboxylic acids is 1. The number of nitrogens with zero attached hydrogens (tertiary/aromatic N) is 2. The normalized spacial score (nSPS) is 10.2. The van der Waals surface area contributed by atoms with Crippen LogP contribution in [0, 0.1) is 0 Å². The topological polar surface area (TPSA) is 54.9 Å². The van der Waals surface area contributed by atoms with Crippen molar-refractivity contribution in [2.75, 3.05) is 5.32 Å². The van der Waals surface area contributed by atoms with Gasteiger partial charge in [-0.25, -0.2) is 9.97 Å². The highest BCUT2D eigenvalue weighted by atomic mass is 79.9. The van der Waals surface area contributed by atoms with E-state index in [2.05, 4.69) is 47.1 Å². The van der Waals surface area contributed by atoms with Gasteiger partial charge in [0.05, 0.1) is 18.0 Å². The molecule has 1 aromatic heterocycles. The zero-order chi connectivity index (χ0) is 13.1. The molecule has 1 amide bonds. The third-order valence-electron chi connectivity index (χ3n) is 2.04. The van der Waals surface area contributed by atoms with E-state index in [4.69, 9.17) is 11.6 Å². The number of hydrogen-bond donors (Lipinski definition) is 1. The molecule has 7 heteroatoms. The Morgan fingerprint density at radius 2 is 2.00 bits per heavy atom. The molecular weight excluding hydrogens is 385 g/mol. The Morgan fingerprint density at radius 3 is 2.61 bits per heavy atom. The summed E-state index contributed by atoms with van der Waals surface area (Å²) in [6.45, 7) is 0. The van der Waals surface area contributed by atoms with E-state index < -0.39 is 0 Å². The lowest BCUT2D eigenvalue weighted by atomic mass is 10.2. The summed E-state index contributed by atoms with van der Waals surface area (Å²) in [4.78, 5) is 19.9. The average Bonchev–Trinajstić information content (AvgIpc) is 2.32. The second-order valence-corrected chi connectivity index (χ2v) is 5.41. The Labute approximate surface area is 125 Å². The monoisotopic (exact) mass is 389 g/mol. The lowest BCUT2D eigenvalue weighted by Gasteiger charge is -2.06. The van der Waals surface area contributed by atoms with Gasteiger partial charge in [0.1, 0.15) is 4.60 Å². The van der Waals surface area contributed by atoms with Crippen LogP contribution in [0.15, 0.2) is 39.7 Å². The molecule has 92 valence electrons. The van der Waals surface area contributed by atoms with E-state index in [0.29, 0.717) is 25.5 Å². The van der Waals surface area contributed by atoms with Gasteiger partial charge in [0.25, 0.3) is 5.91 Å². The Morgan fingerprint density at radius 1 is 1.22 bits per heavy atom. The number of hydrogen-bond acceptors (Lipinski definition) is 3. The van der Waals surface area contributed by atoms with Crippen molar-refractivity contribution >= 4 is 55.2 Å². The van der Waals surface area contributed by atoms with Gasteiger partial charge in [-0.15, -0.1) is 0 Å². The molecule has 0 saturated heterocycles. The quantitative estimate of drug-likeness (QED) is 0.845. The highest BCUT2D eigenvalue weighted by molar-refractivity contribution is 9.10. The van der Waals surface area contributed by atoms with Crippen molar-refractivity contribution in [1.29, 1.82) is 0 Å². The van der Waals surface area contributed by atoms with E-state index >= 15 is 0 Å². The first-order valence-corrected chi connectivity index (χ1v) is 6.76. The third-order valence-corrected chi connectivity index (χ3v) is 3.34. The lowest BCUT2D eigenvalue weighted by Crippen LogP contribution is -2.13. The molecule has 1 heterocycles. The van der Waals surface area contributed by atoms with Crippen LogP contribution in [0.5, 0.6) is 0 Å². The van der Waals surface area contributed by atoms with Gasteiger partial charge in [-0.3, -0.25) is 4.79 Å². The van der Waals surface area contributed by atoms with Gasteiger partial charge < -0.3 is 5.32 Å². The minimum absolute atomic E-state index is 0.282. The molecule has 0 fully saturated rings. The zero-order valence-electron chi connectivity index (χ0n) is 8.82. The number of anilines is 1. The largest absolute Gasteiger partial charge is 0.305 e. The number of amides is 1. The van der Waals surface area contributed by atoms with Crippen molar-refractivity contribution in [3.63, 3.8) is 0 Å². The van der Waals surface area contributed by atoms with Gasteiger partial charge in [0, 0.05) is 9.50 Å². The van der Waals surface area contributed by atoms with Crippen LogP contribution in [0.1, 0.15) is 10.4 Å². The molecule has 1 N–H and O–H groups in total. The lowest BCUT2D eigenvalue weighted by molar-refractivity contribution is 0.102. The van der Waals surface area contributed by atoms with Gasteiger partial charge >= 0.3 is 0 Å². The van der Waals surface area contributed by atoms with Gasteiger partial charge in [0.2, 0.25) is 0 Å². The minimum Gasteiger partial charge on any atom is -0.305 e. The smallest absolute Gasteiger partial charge is 0.258 e. The molecule has 1 aromatic carbocycles. The summed E-state index contributed by atoms with van der Waals surface area (Å²) in [6, 6.07) is 4.94. The van der Waals surface area contributed by atoms with Crippen molar-refractivity contribution in [1.82, 2.24) is 9.97 Å². The Balaban J connectivity index is 2.19. The average molecular weight is 391 g/mol. The molecule has 0 atom stereocenters. The molecule has 18 heavy (non-hydrogen) atoms. The van der Waals surface area contributed by atoms with Crippen molar-refractivity contribution in [2.45, 2.75) is 0 Å². The summed E-state index contributed by atoms with van der Waals surface area (Å²) in [6.07, 6.45) is 2.97. The fraction of sp³-hybridized carbons (Fsp3) is 0. The highest BCUT2D eigenvalue weighted by Crippen LogP contribution is 2.22. The van der Waals surface area contributed by atoms with Crippen molar-refractivity contribution in [3.8, 4) is 0 Å². The van der Waals surface area contributed by atoms with Gasteiger partial charge in [0.15, 0.2) is 5.82 Å². The molecule has 0 radical (unpaired) electrons. The summed E-state index contributed by atoms with van der Waals surface area (Å²) in [5.41, 5.74) is 0.476. The molecule has 2 aromatic rings. The molecule has 4 nitrogen and oxygen atoms in total. The number of carbonyl (C=O) groups is 1. The first-order chi connectivity index (χ1) is 8.56. The Kier molecular flexibility index (Phi) is 4.31. The van der Waals surface area contributed by atoms with E-state index in [1.165, 1.54) is 12.4 Å². The number of nitrogens with one attached hydrogen (secondary N) is 1. The Bertz CT molecular complexity index is 589. The number of rotatable bonds is 2. The van der Waals surface area contributed by atoms with Crippen LogP contribution in [0.25, 0.3) is 0 Å². The highest BCUT2D eigenvalue weighted by Gasteiger charge is 2.11. The minimum atomic E-state index is -0.282. The van der Waals surface area contributed by atoms with Gasteiger partial charge in [-0.1, -0.05) is 11.6 Å². The second-order valence-electron chi connectivity index (χ2n) is 3.30. The van der Waals surface area contributed by atoms with E-state index in [1.54, 1.807) is 18.2 Å². The predicted octanol–water partition coefficient (Wildman–Crippen LogP) is 3.91. The predicted molar refractivity (Wildman–Crippen MR) is 76.8 cm³/mol. The Hall–Kier alpha value is -0.980. The van der Waals surface area contributed by atoms with Crippen LogP contribution < -0.4 is 5.32 Å². The van der Waals surface area contributed by atoms with Crippen LogP contribution in [0.4, 0.5) is 5.82 Å². The first-order valence-electron chi connectivity index (χ1n) is 4.80. The molecule has 0 aliphatic heterocycles. The zero-order valence-corrected chi connectivity index (χ0v) is 12.8. The van der Waals surface area contributed by atoms with Crippen LogP contribution in [-0.2, 0) is 0 Å². The maximum atomic E-state index is 12.0. The number of aromatic nitrogens is 2. The molecule has 0 aliphatic carbocycles. The standard InChI is InChI=1S/C11H6Br2ClN3O/c12-8-3-6(14)1-2-7(8)11(18)17-10-5-15-9(13)4-16-10/h1-5H,(H,16,17,18). The summed E-state index contributed by atoms with van der Waals surface area (Å²) < 4.78 is 1.23. The van der Waals surface area contributed by atoms with Crippen LogP contribution in [0.2, 0.25) is 5.02 Å². The molecule has 0 aliphatic rings. The second kappa shape index (κ2) is 5.77. The maximum Gasteiger partial charge on any atom is 0.258 e. The fourth-order valence-electron chi connectivity index (χ4n) is 1.23. The summed E-state index contributed by atoms with van der Waals surface area (Å²) in [7, 11) is 0. The van der Waals surface area contributed by atoms with E-state index in [-0.39, 0.29) is 5.91 Å². The molecular formula is C11H6Br2ClN3O. The van der Waals surface area contributed by atoms with Crippen molar-refractivity contribution in [3.05, 3.63) is 50.3 Å². The van der Waals surface area contributed by atoms with E-state index in [0.717, 1.165) is 0 Å². The summed E-state index contributed by atoms with van der Waals surface area (Å²) in [5.74, 6) is 0.0974. The van der Waals surface area contributed by atoms with Gasteiger partial charge in [-0.05, 0) is 50.1 Å². The van der Waals surface area contributed by atoms with E-state index in [1.807, 2.05) is 0 Å². The number of benzene rings is 1. The van der Waals surface area contributed by atoms with Crippen molar-refractivity contribution < 1.29 is 4.79 Å². The van der Waals surface area contributed by atoms with Gasteiger partial charge in [-0.2, -0.15) is 0 Å². The number of halogens is 3. The molecule has 2 rings (SSSR count). The summed E-state index contributed by atoms with van der Waals surface area (Å²) >= 11 is 12.3. The van der Waals surface area contributed by atoms with E-state index in [9.17, 15) is 4.79 Å². The van der Waals surface area contributed by atoms with Crippen molar-refractivity contribution in [2.24, 2.45) is 0 Å². The van der Waals surface area contributed by atoms with Crippen LogP contribution >= 0.6 is 43.5 Å². The van der Waals surface area contributed by atoms with Crippen LogP contribution in [-0.4, -0.2) is 15.9 Å². The maximum absolute atomic E-state index is 12.0. The molecule has 0 spiro atoms. The van der Waals surface area contributed by atoms with Crippen LogP contribution in [0.3, 0.4) is 0 Å². The molecule has 0 bridgehead atoms. The summed E-state index contributed by atoms with van der Waals surface area (Å²) in [5, 5.41) is 3.20. The first kappa shape index (κ1) is 13.5. The molecule has 0 unspecified atom stereocenters. The third kappa shape index (κ3) is 3.28. The fourth-order valence-corrected chi connectivity index (χ4v) is 2.30. The SMILES string of the molecule is O=C(Nc1cnc(Br)cn1)c1ccc(Cl)cc1Br. The molecule has 0 saturated carbocycles.